The highest BCUT2D eigenvalue weighted by molar-refractivity contribution is 7.10. The zero-order valence-corrected chi connectivity index (χ0v) is 22.1. The fraction of sp³-hybridized carbons (Fsp3) is 0.0645. The van der Waals surface area contributed by atoms with Gasteiger partial charge in [-0.05, 0) is 54.6 Å². The summed E-state index contributed by atoms with van der Waals surface area (Å²) in [5.41, 5.74) is 10.1. The number of nitrogens with one attached hydrogen (secondary N) is 1. The zero-order chi connectivity index (χ0) is 27.6. The van der Waals surface area contributed by atoms with Crippen LogP contribution in [-0.4, -0.2) is 25.4 Å². The van der Waals surface area contributed by atoms with E-state index in [2.05, 4.69) is 32.1 Å². The summed E-state index contributed by atoms with van der Waals surface area (Å²) in [6.07, 6.45) is 4.89. The third-order valence-electron chi connectivity index (χ3n) is 6.54. The first-order valence-corrected chi connectivity index (χ1v) is 13.3. The number of anilines is 1. The molecule has 2 aromatic carbocycles. The number of hydrogen-bond donors (Lipinski definition) is 2. The van der Waals surface area contributed by atoms with E-state index >= 15 is 0 Å². The van der Waals surface area contributed by atoms with Crippen LogP contribution in [0.25, 0.3) is 27.4 Å². The molecule has 0 aliphatic rings. The van der Waals surface area contributed by atoms with Gasteiger partial charge in [0.25, 0.3) is 11.5 Å². The van der Waals surface area contributed by atoms with Gasteiger partial charge in [0.1, 0.15) is 11.4 Å². The molecular weight excluding hydrogens is 520 g/mol. The lowest BCUT2D eigenvalue weighted by molar-refractivity contribution is 0.0941. The highest BCUT2D eigenvalue weighted by Gasteiger charge is 2.22. The number of thiazole rings is 1. The molecule has 0 fully saturated rings. The molecule has 1 amide bonds. The molecule has 0 bridgehead atoms. The average molecular weight is 543 g/mol. The minimum absolute atomic E-state index is 0.0824. The summed E-state index contributed by atoms with van der Waals surface area (Å²) >= 11 is 1.44. The lowest BCUT2D eigenvalue weighted by Crippen LogP contribution is -2.33. The molecule has 0 saturated carbocycles. The number of carbonyl (C=O) groups excluding carboxylic acids is 1. The largest absolute Gasteiger partial charge is 0.383 e. The van der Waals surface area contributed by atoms with Crippen LogP contribution in [0.5, 0.6) is 0 Å². The normalized spacial score (nSPS) is 11.6. The van der Waals surface area contributed by atoms with E-state index in [1.165, 1.54) is 11.3 Å². The van der Waals surface area contributed by atoms with Gasteiger partial charge in [0.2, 0.25) is 0 Å². The van der Waals surface area contributed by atoms with Crippen LogP contribution >= 0.6 is 11.3 Å². The molecular formula is C31H22N6O2S. The van der Waals surface area contributed by atoms with Gasteiger partial charge < -0.3 is 11.1 Å². The highest BCUT2D eigenvalue weighted by atomic mass is 32.1. The number of nitrogens with zero attached hydrogens (tertiary/aromatic N) is 4. The molecule has 6 rings (SSSR count). The van der Waals surface area contributed by atoms with E-state index in [1.807, 2.05) is 67.6 Å². The summed E-state index contributed by atoms with van der Waals surface area (Å²) in [4.78, 5) is 41.1. The summed E-state index contributed by atoms with van der Waals surface area (Å²) in [6, 6.07) is 19.8. The Morgan fingerprint density at radius 2 is 1.82 bits per heavy atom. The Bertz CT molecular complexity index is 2010. The first kappa shape index (κ1) is 25.0. The van der Waals surface area contributed by atoms with Crippen molar-refractivity contribution in [2.75, 3.05) is 5.73 Å². The van der Waals surface area contributed by atoms with Crippen LogP contribution in [0.4, 0.5) is 5.82 Å². The van der Waals surface area contributed by atoms with Crippen LogP contribution in [0, 0.1) is 11.8 Å². The van der Waals surface area contributed by atoms with Crippen LogP contribution < -0.4 is 16.6 Å². The Kier molecular flexibility index (Phi) is 6.52. The van der Waals surface area contributed by atoms with E-state index in [4.69, 9.17) is 5.73 Å². The lowest BCUT2D eigenvalue weighted by Gasteiger charge is -2.21. The zero-order valence-electron chi connectivity index (χ0n) is 21.3. The molecule has 1 atom stereocenters. The van der Waals surface area contributed by atoms with Gasteiger partial charge >= 0.3 is 0 Å². The van der Waals surface area contributed by atoms with Crippen molar-refractivity contribution < 1.29 is 4.79 Å². The molecule has 3 N–H and O–H groups in total. The van der Waals surface area contributed by atoms with Crippen molar-refractivity contribution in [3.63, 3.8) is 0 Å². The second-order valence-corrected chi connectivity index (χ2v) is 9.97. The van der Waals surface area contributed by atoms with Crippen molar-refractivity contribution in [3.05, 3.63) is 123 Å². The molecule has 8 nitrogen and oxygen atoms in total. The molecule has 0 saturated heterocycles. The van der Waals surface area contributed by atoms with Crippen LogP contribution in [-0.2, 0) is 0 Å². The fourth-order valence-electron chi connectivity index (χ4n) is 4.68. The Hall–Kier alpha value is -5.33. The third-order valence-corrected chi connectivity index (χ3v) is 7.22. The monoisotopic (exact) mass is 542 g/mol. The van der Waals surface area contributed by atoms with E-state index in [0.717, 1.165) is 10.3 Å². The number of hydrogen-bond acceptors (Lipinski definition) is 7. The molecule has 0 spiro atoms. The summed E-state index contributed by atoms with van der Waals surface area (Å²) in [5, 5.41) is 4.93. The van der Waals surface area contributed by atoms with Crippen molar-refractivity contribution in [2.45, 2.75) is 13.0 Å². The lowest BCUT2D eigenvalue weighted by atomic mass is 10.0. The van der Waals surface area contributed by atoms with E-state index in [1.54, 1.807) is 34.7 Å². The summed E-state index contributed by atoms with van der Waals surface area (Å²) < 4.78 is 1.62. The molecule has 0 aliphatic heterocycles. The van der Waals surface area contributed by atoms with Gasteiger partial charge in [-0.3, -0.25) is 24.1 Å². The minimum atomic E-state index is -0.574. The van der Waals surface area contributed by atoms with Crippen LogP contribution in [0.3, 0.4) is 0 Å². The van der Waals surface area contributed by atoms with Crippen LogP contribution in [0.1, 0.15) is 39.5 Å². The smallest absolute Gasteiger partial charge is 0.264 e. The SMILES string of the molecule is CC(NC(=O)c1c(N)ncc2cccnc12)c1cc2cccc(C#Cc3cncs3)c2c(=O)n1-c1ccccc1. The van der Waals surface area contributed by atoms with Gasteiger partial charge in [-0.15, -0.1) is 11.3 Å². The van der Waals surface area contributed by atoms with E-state index < -0.39 is 11.9 Å². The van der Waals surface area contributed by atoms with Gasteiger partial charge in [0.05, 0.1) is 33.5 Å². The number of amides is 1. The average Bonchev–Trinajstić information content (AvgIpc) is 3.50. The second-order valence-electron chi connectivity index (χ2n) is 9.09. The minimum Gasteiger partial charge on any atom is -0.383 e. The van der Waals surface area contributed by atoms with Gasteiger partial charge in [-0.2, -0.15) is 0 Å². The van der Waals surface area contributed by atoms with E-state index in [9.17, 15) is 9.59 Å². The summed E-state index contributed by atoms with van der Waals surface area (Å²) in [7, 11) is 0. The number of fused-ring (bicyclic) bond motifs is 2. The fourth-order valence-corrected chi connectivity index (χ4v) is 5.14. The first-order chi connectivity index (χ1) is 19.5. The van der Waals surface area contributed by atoms with E-state index in [-0.39, 0.29) is 16.9 Å². The first-order valence-electron chi connectivity index (χ1n) is 12.5. The van der Waals surface area contributed by atoms with Crippen molar-refractivity contribution >= 4 is 44.7 Å². The number of rotatable bonds is 4. The number of para-hydroxylation sites is 1. The Balaban J connectivity index is 1.49. The Morgan fingerprint density at radius 3 is 2.62 bits per heavy atom. The van der Waals surface area contributed by atoms with Crippen LogP contribution in [0.2, 0.25) is 0 Å². The van der Waals surface area contributed by atoms with E-state index in [0.29, 0.717) is 33.2 Å². The Morgan fingerprint density at radius 1 is 1.00 bits per heavy atom. The molecule has 6 aromatic rings. The predicted molar refractivity (Wildman–Crippen MR) is 157 cm³/mol. The van der Waals surface area contributed by atoms with Crippen molar-refractivity contribution in [1.29, 1.82) is 0 Å². The van der Waals surface area contributed by atoms with Crippen molar-refractivity contribution in [1.82, 2.24) is 24.8 Å². The van der Waals surface area contributed by atoms with Gasteiger partial charge in [-0.25, -0.2) is 4.98 Å². The van der Waals surface area contributed by atoms with Gasteiger partial charge in [0.15, 0.2) is 0 Å². The molecule has 0 radical (unpaired) electrons. The van der Waals surface area contributed by atoms with Crippen molar-refractivity contribution in [2.24, 2.45) is 0 Å². The summed E-state index contributed by atoms with van der Waals surface area (Å²) in [6.45, 7) is 1.83. The quantitative estimate of drug-likeness (QED) is 0.307. The van der Waals surface area contributed by atoms with Crippen LogP contribution in [0.15, 0.2) is 95.6 Å². The number of nitrogens with two attached hydrogens (primary N) is 1. The maximum atomic E-state index is 14.2. The third kappa shape index (κ3) is 4.57. The Labute approximate surface area is 233 Å². The number of aromatic nitrogens is 4. The van der Waals surface area contributed by atoms with Gasteiger partial charge in [-0.1, -0.05) is 36.3 Å². The topological polar surface area (TPSA) is 116 Å². The maximum absolute atomic E-state index is 14.2. The molecule has 40 heavy (non-hydrogen) atoms. The molecule has 1 unspecified atom stereocenters. The number of benzene rings is 2. The maximum Gasteiger partial charge on any atom is 0.264 e. The second kappa shape index (κ2) is 10.4. The molecule has 4 aromatic heterocycles. The molecule has 9 heteroatoms. The molecule has 194 valence electrons. The standard InChI is InChI=1S/C31H22N6O2S/c1-19(36-30(38)27-28-22(9-6-14-34-28)16-35-29(27)32)25-15-21-8-5-7-20(12-13-24-17-33-18-40-24)26(21)31(39)37(25)23-10-3-2-4-11-23/h2-11,14-19H,1H3,(H2,32,35)(H,36,38). The molecule has 0 aliphatic carbocycles. The van der Waals surface area contributed by atoms with Gasteiger partial charge in [0, 0.05) is 34.7 Å². The number of pyridine rings is 3. The number of nitrogen functional groups attached to an aromatic ring is 1. The molecule has 4 heterocycles. The number of carbonyl (C=O) groups is 1. The van der Waals surface area contributed by atoms with Crippen molar-refractivity contribution in [3.8, 4) is 17.5 Å². The summed E-state index contributed by atoms with van der Waals surface area (Å²) in [5.74, 6) is 5.89. The predicted octanol–water partition coefficient (Wildman–Crippen LogP) is 4.86. The highest BCUT2D eigenvalue weighted by Crippen LogP contribution is 2.25.